The first-order valence-electron chi connectivity index (χ1n) is 5.17. The number of carbonyl (C=O) groups excluding carboxylic acids is 1. The van der Waals surface area contributed by atoms with E-state index < -0.39 is 5.97 Å². The average Bonchev–Trinajstić information content (AvgIpc) is 2.18. The number of allylic oxidation sites excluding steroid dienone is 1. The van der Waals surface area contributed by atoms with Crippen LogP contribution in [0.15, 0.2) is 30.3 Å². The molecule has 0 heterocycles. The summed E-state index contributed by atoms with van der Waals surface area (Å²) in [7, 11) is 0. The molecule has 1 rings (SSSR count). The summed E-state index contributed by atoms with van der Waals surface area (Å²) in [6.07, 6.45) is 6.26. The second-order valence-electron chi connectivity index (χ2n) is 3.48. The van der Waals surface area contributed by atoms with Gasteiger partial charge in [-0.15, -0.1) is 0 Å². The van der Waals surface area contributed by atoms with E-state index >= 15 is 0 Å². The maximum Gasteiger partial charge on any atom is 0.0458 e. The Hall–Kier alpha value is -1.57. The highest BCUT2D eigenvalue weighted by molar-refractivity contribution is 5.68. The van der Waals surface area contributed by atoms with Gasteiger partial charge in [0.15, 0.2) is 0 Å². The van der Waals surface area contributed by atoms with Crippen molar-refractivity contribution >= 4 is 12.0 Å². The smallest absolute Gasteiger partial charge is 0.0458 e. The first kappa shape index (κ1) is 11.5. The van der Waals surface area contributed by atoms with Crippen molar-refractivity contribution in [2.24, 2.45) is 0 Å². The van der Waals surface area contributed by atoms with E-state index in [1.807, 2.05) is 24.3 Å². The predicted molar refractivity (Wildman–Crippen MR) is 59.1 cm³/mol. The highest BCUT2D eigenvalue weighted by Gasteiger charge is 1.93. The van der Waals surface area contributed by atoms with Crippen LogP contribution >= 0.6 is 0 Å². The van der Waals surface area contributed by atoms with Crippen molar-refractivity contribution in [1.82, 2.24) is 0 Å². The number of hydrogen-bond acceptors (Lipinski definition) is 2. The van der Waals surface area contributed by atoms with Crippen molar-refractivity contribution in [3.63, 3.8) is 0 Å². The van der Waals surface area contributed by atoms with Crippen LogP contribution in [-0.2, 0) is 11.2 Å². The Bertz CT molecular complexity index is 353. The van der Waals surface area contributed by atoms with Crippen LogP contribution in [0.4, 0.5) is 0 Å². The molecule has 0 aliphatic heterocycles. The number of unbranched alkanes of at least 4 members (excludes halogenated alkanes) is 1. The quantitative estimate of drug-likeness (QED) is 0.732. The zero-order valence-corrected chi connectivity index (χ0v) is 8.90. The summed E-state index contributed by atoms with van der Waals surface area (Å²) in [6, 6.07) is 7.50. The summed E-state index contributed by atoms with van der Waals surface area (Å²) in [5, 5.41) is 10.4. The topological polar surface area (TPSA) is 40.1 Å². The molecule has 80 valence electrons. The summed E-state index contributed by atoms with van der Waals surface area (Å²) in [5.74, 6) is -1.04. The van der Waals surface area contributed by atoms with Gasteiger partial charge < -0.3 is 9.90 Å². The minimum absolute atomic E-state index is 0.0184. The summed E-state index contributed by atoms with van der Waals surface area (Å²) in [4.78, 5) is 10.4. The van der Waals surface area contributed by atoms with E-state index in [1.54, 1.807) is 6.07 Å². The van der Waals surface area contributed by atoms with Crippen LogP contribution in [0.25, 0.3) is 6.08 Å². The van der Waals surface area contributed by atoms with E-state index in [0.29, 0.717) is 0 Å². The fraction of sp³-hybridized carbons (Fsp3) is 0.308. The molecule has 2 nitrogen and oxygen atoms in total. The van der Waals surface area contributed by atoms with Crippen molar-refractivity contribution in [2.75, 3.05) is 0 Å². The molecule has 0 amide bonds. The van der Waals surface area contributed by atoms with Crippen LogP contribution in [0.3, 0.4) is 0 Å². The highest BCUT2D eigenvalue weighted by Crippen LogP contribution is 2.08. The van der Waals surface area contributed by atoms with Gasteiger partial charge in [-0.3, -0.25) is 0 Å². The summed E-state index contributed by atoms with van der Waals surface area (Å²) < 4.78 is 0. The number of aliphatic carboxylic acids is 1. The Kier molecular flexibility index (Phi) is 4.61. The van der Waals surface area contributed by atoms with Crippen LogP contribution in [0.2, 0.25) is 0 Å². The molecule has 0 aliphatic rings. The Balaban J connectivity index is 2.69. The summed E-state index contributed by atoms with van der Waals surface area (Å²) in [5.41, 5.74) is 1.83. The van der Waals surface area contributed by atoms with Gasteiger partial charge in [-0.2, -0.15) is 0 Å². The van der Waals surface area contributed by atoms with Gasteiger partial charge in [0.05, 0.1) is 0 Å². The van der Waals surface area contributed by atoms with Gasteiger partial charge in [0, 0.05) is 12.4 Å². The Morgan fingerprint density at radius 2 is 2.27 bits per heavy atom. The van der Waals surface area contributed by atoms with Crippen LogP contribution in [0.1, 0.15) is 30.9 Å². The summed E-state index contributed by atoms with van der Waals surface area (Å²) in [6.45, 7) is 2.12. The largest absolute Gasteiger partial charge is 0.550 e. The van der Waals surface area contributed by atoms with E-state index in [0.717, 1.165) is 24.0 Å². The van der Waals surface area contributed by atoms with E-state index in [2.05, 4.69) is 13.0 Å². The molecule has 0 aliphatic carbocycles. The van der Waals surface area contributed by atoms with Crippen molar-refractivity contribution < 1.29 is 9.90 Å². The summed E-state index contributed by atoms with van der Waals surface area (Å²) >= 11 is 0. The normalized spacial score (nSPS) is 10.7. The fourth-order valence-electron chi connectivity index (χ4n) is 1.36. The molecule has 1 aromatic carbocycles. The maximum absolute atomic E-state index is 10.4. The van der Waals surface area contributed by atoms with E-state index in [4.69, 9.17) is 0 Å². The van der Waals surface area contributed by atoms with Crippen molar-refractivity contribution in [3.8, 4) is 0 Å². The van der Waals surface area contributed by atoms with Crippen LogP contribution in [-0.4, -0.2) is 5.97 Å². The van der Waals surface area contributed by atoms with Crippen molar-refractivity contribution in [1.29, 1.82) is 0 Å². The molecule has 1 aromatic rings. The minimum atomic E-state index is -1.04. The molecule has 15 heavy (non-hydrogen) atoms. The molecule has 0 spiro atoms. The fourth-order valence-corrected chi connectivity index (χ4v) is 1.36. The van der Waals surface area contributed by atoms with E-state index in [-0.39, 0.29) is 6.42 Å². The minimum Gasteiger partial charge on any atom is -0.550 e. The van der Waals surface area contributed by atoms with Crippen molar-refractivity contribution in [2.45, 2.75) is 26.2 Å². The number of carbonyl (C=O) groups is 1. The van der Waals surface area contributed by atoms with Crippen molar-refractivity contribution in [3.05, 3.63) is 41.5 Å². The SMILES string of the molecule is CCC/C=C/c1cccc(CC(=O)[O-])c1. The van der Waals surface area contributed by atoms with Gasteiger partial charge in [0.25, 0.3) is 0 Å². The molecule has 0 fully saturated rings. The molecular weight excluding hydrogens is 188 g/mol. The predicted octanol–water partition coefficient (Wildman–Crippen LogP) is 1.79. The third-order valence-electron chi connectivity index (χ3n) is 2.07. The van der Waals surface area contributed by atoms with Crippen LogP contribution < -0.4 is 5.11 Å². The third kappa shape index (κ3) is 4.45. The lowest BCUT2D eigenvalue weighted by molar-refractivity contribution is -0.304. The zero-order chi connectivity index (χ0) is 11.1. The van der Waals surface area contributed by atoms with Crippen LogP contribution in [0.5, 0.6) is 0 Å². The Labute approximate surface area is 90.3 Å². The lowest BCUT2D eigenvalue weighted by Gasteiger charge is -2.03. The molecule has 0 saturated carbocycles. The number of benzene rings is 1. The third-order valence-corrected chi connectivity index (χ3v) is 2.07. The molecule has 2 heteroatoms. The second-order valence-corrected chi connectivity index (χ2v) is 3.48. The molecular formula is C13H15O2-. The zero-order valence-electron chi connectivity index (χ0n) is 8.90. The molecule has 0 N–H and O–H groups in total. The van der Waals surface area contributed by atoms with Gasteiger partial charge in [0.1, 0.15) is 0 Å². The maximum atomic E-state index is 10.4. The van der Waals surface area contributed by atoms with Gasteiger partial charge in [-0.05, 0) is 17.5 Å². The van der Waals surface area contributed by atoms with Gasteiger partial charge >= 0.3 is 0 Å². The standard InChI is InChI=1S/C13H16O2/c1-2-3-4-6-11-7-5-8-12(9-11)10-13(14)15/h4-9H,2-3,10H2,1H3,(H,14,15)/p-1/b6-4+. The van der Waals surface area contributed by atoms with Gasteiger partial charge in [-0.25, -0.2) is 0 Å². The first-order chi connectivity index (χ1) is 7.22. The van der Waals surface area contributed by atoms with Crippen LogP contribution in [0, 0.1) is 0 Å². The van der Waals surface area contributed by atoms with E-state index in [1.165, 1.54) is 0 Å². The number of hydrogen-bond donors (Lipinski definition) is 0. The Morgan fingerprint density at radius 1 is 1.47 bits per heavy atom. The lowest BCUT2D eigenvalue weighted by Crippen LogP contribution is -2.24. The second kappa shape index (κ2) is 6.02. The lowest BCUT2D eigenvalue weighted by atomic mass is 10.1. The number of carboxylic acid groups (broad SMARTS) is 1. The first-order valence-corrected chi connectivity index (χ1v) is 5.17. The highest BCUT2D eigenvalue weighted by atomic mass is 16.4. The monoisotopic (exact) mass is 203 g/mol. The Morgan fingerprint density at radius 3 is 2.93 bits per heavy atom. The molecule has 0 atom stereocenters. The molecule has 0 radical (unpaired) electrons. The van der Waals surface area contributed by atoms with Gasteiger partial charge in [-0.1, -0.05) is 49.8 Å². The number of carboxylic acids is 1. The number of rotatable bonds is 5. The molecule has 0 aromatic heterocycles. The molecule has 0 unspecified atom stereocenters. The average molecular weight is 203 g/mol. The molecule has 0 bridgehead atoms. The molecule has 0 saturated heterocycles. The van der Waals surface area contributed by atoms with Gasteiger partial charge in [0.2, 0.25) is 0 Å². The van der Waals surface area contributed by atoms with E-state index in [9.17, 15) is 9.90 Å².